The summed E-state index contributed by atoms with van der Waals surface area (Å²) in [6.45, 7) is 0.649. The van der Waals surface area contributed by atoms with E-state index < -0.39 is 0 Å². The van der Waals surface area contributed by atoms with E-state index in [-0.39, 0.29) is 0 Å². The molecule has 5 heteroatoms. The Morgan fingerprint density at radius 1 is 1.41 bits per heavy atom. The first-order valence-electron chi connectivity index (χ1n) is 4.96. The van der Waals surface area contributed by atoms with Crippen LogP contribution in [0.3, 0.4) is 0 Å². The molecule has 86 valence electrons. The highest BCUT2D eigenvalue weighted by Crippen LogP contribution is 2.23. The third-order valence-electron chi connectivity index (χ3n) is 2.32. The van der Waals surface area contributed by atoms with Gasteiger partial charge in [0.05, 0.1) is 17.1 Å². The van der Waals surface area contributed by atoms with Gasteiger partial charge in [0.1, 0.15) is 6.07 Å². The SMILES string of the molecule is N#Cc1cc(NCc2sccc2N)ccc1Cl. The first-order chi connectivity index (χ1) is 8.20. The maximum absolute atomic E-state index is 8.86. The average Bonchev–Trinajstić information content (AvgIpc) is 2.74. The summed E-state index contributed by atoms with van der Waals surface area (Å²) in [5.74, 6) is 0. The van der Waals surface area contributed by atoms with Crippen molar-refractivity contribution in [2.24, 2.45) is 0 Å². The Morgan fingerprint density at radius 2 is 2.24 bits per heavy atom. The smallest absolute Gasteiger partial charge is 0.101 e. The van der Waals surface area contributed by atoms with Crippen molar-refractivity contribution >= 4 is 34.3 Å². The van der Waals surface area contributed by atoms with Crippen molar-refractivity contribution in [1.82, 2.24) is 0 Å². The van der Waals surface area contributed by atoms with Crippen molar-refractivity contribution in [2.75, 3.05) is 11.1 Å². The Morgan fingerprint density at radius 3 is 2.88 bits per heavy atom. The molecule has 0 aliphatic carbocycles. The van der Waals surface area contributed by atoms with Crippen molar-refractivity contribution in [3.05, 3.63) is 45.1 Å². The van der Waals surface area contributed by atoms with Crippen LogP contribution < -0.4 is 11.1 Å². The number of anilines is 2. The number of nitrogens with two attached hydrogens (primary N) is 1. The standard InChI is InChI=1S/C12H10ClN3S/c13-10-2-1-9(5-8(10)6-14)16-7-12-11(15)3-4-17-12/h1-5,16H,7,15H2. The Kier molecular flexibility index (Phi) is 3.52. The average molecular weight is 264 g/mol. The largest absolute Gasteiger partial charge is 0.398 e. The molecule has 1 aromatic carbocycles. The van der Waals surface area contributed by atoms with Gasteiger partial charge in [-0.15, -0.1) is 11.3 Å². The second kappa shape index (κ2) is 5.09. The fraction of sp³-hybridized carbons (Fsp3) is 0.0833. The van der Waals surface area contributed by atoms with E-state index in [1.807, 2.05) is 23.6 Å². The normalized spacial score (nSPS) is 9.88. The number of nitrogen functional groups attached to an aromatic ring is 1. The maximum atomic E-state index is 8.86. The first-order valence-corrected chi connectivity index (χ1v) is 6.22. The van der Waals surface area contributed by atoms with Gasteiger partial charge in [-0.2, -0.15) is 5.26 Å². The van der Waals surface area contributed by atoms with Crippen LogP contribution in [0.15, 0.2) is 29.6 Å². The lowest BCUT2D eigenvalue weighted by molar-refractivity contribution is 1.19. The van der Waals surface area contributed by atoms with E-state index in [1.165, 1.54) is 0 Å². The number of benzene rings is 1. The predicted octanol–water partition coefficient (Wildman–Crippen LogP) is 3.47. The summed E-state index contributed by atoms with van der Waals surface area (Å²) >= 11 is 7.46. The van der Waals surface area contributed by atoms with Crippen LogP contribution in [0.4, 0.5) is 11.4 Å². The van der Waals surface area contributed by atoms with E-state index in [1.54, 1.807) is 23.5 Å². The molecule has 0 radical (unpaired) electrons. The molecule has 1 aromatic heterocycles. The highest BCUT2D eigenvalue weighted by Gasteiger charge is 2.03. The van der Waals surface area contributed by atoms with Gasteiger partial charge in [0.15, 0.2) is 0 Å². The maximum Gasteiger partial charge on any atom is 0.101 e. The van der Waals surface area contributed by atoms with Gasteiger partial charge in [-0.05, 0) is 29.6 Å². The Bertz CT molecular complexity index is 571. The molecule has 2 aromatic rings. The van der Waals surface area contributed by atoms with Crippen molar-refractivity contribution < 1.29 is 0 Å². The molecule has 0 spiro atoms. The van der Waals surface area contributed by atoms with Crippen LogP contribution in [-0.2, 0) is 6.54 Å². The van der Waals surface area contributed by atoms with E-state index in [4.69, 9.17) is 22.6 Å². The number of nitriles is 1. The lowest BCUT2D eigenvalue weighted by atomic mass is 10.2. The molecule has 0 unspecified atom stereocenters. The van der Waals surface area contributed by atoms with Crippen LogP contribution in [0, 0.1) is 11.3 Å². The van der Waals surface area contributed by atoms with E-state index in [9.17, 15) is 0 Å². The Labute approximate surface area is 108 Å². The summed E-state index contributed by atoms with van der Waals surface area (Å²) in [5, 5.41) is 14.5. The van der Waals surface area contributed by atoms with E-state index in [0.717, 1.165) is 16.3 Å². The van der Waals surface area contributed by atoms with Gasteiger partial charge < -0.3 is 11.1 Å². The third kappa shape index (κ3) is 2.70. The molecule has 1 heterocycles. The van der Waals surface area contributed by atoms with Gasteiger partial charge in [0.2, 0.25) is 0 Å². The molecular weight excluding hydrogens is 254 g/mol. The second-order valence-corrected chi connectivity index (χ2v) is 4.87. The van der Waals surface area contributed by atoms with Crippen LogP contribution >= 0.6 is 22.9 Å². The molecule has 17 heavy (non-hydrogen) atoms. The monoisotopic (exact) mass is 263 g/mol. The molecule has 0 aliphatic heterocycles. The van der Waals surface area contributed by atoms with Gasteiger partial charge in [-0.1, -0.05) is 11.6 Å². The number of hydrogen-bond donors (Lipinski definition) is 2. The predicted molar refractivity (Wildman–Crippen MR) is 72.2 cm³/mol. The van der Waals surface area contributed by atoms with Gasteiger partial charge in [-0.3, -0.25) is 0 Å². The van der Waals surface area contributed by atoms with Crippen LogP contribution in [0.1, 0.15) is 10.4 Å². The molecule has 3 nitrogen and oxygen atoms in total. The van der Waals surface area contributed by atoms with E-state index >= 15 is 0 Å². The summed E-state index contributed by atoms with van der Waals surface area (Å²) in [6.07, 6.45) is 0. The Balaban J connectivity index is 2.10. The van der Waals surface area contributed by atoms with Crippen LogP contribution in [0.5, 0.6) is 0 Å². The summed E-state index contributed by atoms with van der Waals surface area (Å²) in [7, 11) is 0. The molecule has 2 rings (SSSR count). The molecular formula is C12H10ClN3S. The third-order valence-corrected chi connectivity index (χ3v) is 3.59. The summed E-state index contributed by atoms with van der Waals surface area (Å²) in [4.78, 5) is 1.08. The minimum Gasteiger partial charge on any atom is -0.398 e. The fourth-order valence-corrected chi connectivity index (χ4v) is 2.30. The summed E-state index contributed by atoms with van der Waals surface area (Å²) in [5.41, 5.74) is 7.90. The molecule has 0 aliphatic rings. The van der Waals surface area contributed by atoms with E-state index in [2.05, 4.69) is 5.32 Å². The van der Waals surface area contributed by atoms with Gasteiger partial charge in [-0.25, -0.2) is 0 Å². The fourth-order valence-electron chi connectivity index (χ4n) is 1.40. The lowest BCUT2D eigenvalue weighted by Crippen LogP contribution is -2.00. The van der Waals surface area contributed by atoms with Crippen molar-refractivity contribution in [3.63, 3.8) is 0 Å². The topological polar surface area (TPSA) is 61.8 Å². The molecule has 0 saturated heterocycles. The number of nitrogens with one attached hydrogen (secondary N) is 1. The first kappa shape index (κ1) is 11.8. The lowest BCUT2D eigenvalue weighted by Gasteiger charge is -2.06. The zero-order valence-corrected chi connectivity index (χ0v) is 10.5. The number of halogens is 1. The molecule has 3 N–H and O–H groups in total. The molecule has 0 fully saturated rings. The van der Waals surface area contributed by atoms with E-state index in [0.29, 0.717) is 17.1 Å². The summed E-state index contributed by atoms with van der Waals surface area (Å²) in [6, 6.07) is 9.20. The van der Waals surface area contributed by atoms with Gasteiger partial charge in [0, 0.05) is 16.3 Å². The van der Waals surface area contributed by atoms with Crippen molar-refractivity contribution in [2.45, 2.75) is 6.54 Å². The molecule has 0 saturated carbocycles. The quantitative estimate of drug-likeness (QED) is 0.891. The highest BCUT2D eigenvalue weighted by atomic mass is 35.5. The number of hydrogen-bond acceptors (Lipinski definition) is 4. The zero-order chi connectivity index (χ0) is 12.3. The number of rotatable bonds is 3. The molecule has 0 bridgehead atoms. The van der Waals surface area contributed by atoms with Crippen LogP contribution in [0.2, 0.25) is 5.02 Å². The minimum absolute atomic E-state index is 0.466. The minimum atomic E-state index is 0.466. The zero-order valence-electron chi connectivity index (χ0n) is 8.90. The van der Waals surface area contributed by atoms with Crippen LogP contribution in [-0.4, -0.2) is 0 Å². The van der Waals surface area contributed by atoms with Crippen molar-refractivity contribution in [3.8, 4) is 6.07 Å². The van der Waals surface area contributed by atoms with Crippen LogP contribution in [0.25, 0.3) is 0 Å². The number of thiophene rings is 1. The van der Waals surface area contributed by atoms with Gasteiger partial charge in [0.25, 0.3) is 0 Å². The summed E-state index contributed by atoms with van der Waals surface area (Å²) < 4.78 is 0. The highest BCUT2D eigenvalue weighted by molar-refractivity contribution is 7.10. The number of nitrogens with zero attached hydrogens (tertiary/aromatic N) is 1. The molecule has 0 amide bonds. The van der Waals surface area contributed by atoms with Gasteiger partial charge >= 0.3 is 0 Å². The second-order valence-electron chi connectivity index (χ2n) is 3.46. The van der Waals surface area contributed by atoms with Crippen molar-refractivity contribution in [1.29, 1.82) is 5.26 Å². The molecule has 0 atom stereocenters. The Hall–Kier alpha value is -1.70.